The Kier molecular flexibility index (Phi) is 4.41. The van der Waals surface area contributed by atoms with Gasteiger partial charge in [-0.15, -0.1) is 0 Å². The molecule has 100 valence electrons. The van der Waals surface area contributed by atoms with Gasteiger partial charge in [-0.25, -0.2) is 9.78 Å². The van der Waals surface area contributed by atoms with Crippen LogP contribution in [0, 0.1) is 0 Å². The maximum atomic E-state index is 11.9. The Morgan fingerprint density at radius 2 is 2.37 bits per heavy atom. The van der Waals surface area contributed by atoms with Gasteiger partial charge in [0.2, 0.25) is 0 Å². The molecule has 0 saturated heterocycles. The topological polar surface area (TPSA) is 69.8 Å². The lowest BCUT2D eigenvalue weighted by molar-refractivity contribution is 0.247. The number of nitrogens with zero attached hydrogens (tertiary/aromatic N) is 1. The van der Waals surface area contributed by atoms with Gasteiger partial charge in [-0.3, -0.25) is 0 Å². The highest BCUT2D eigenvalue weighted by Gasteiger charge is 2.14. The van der Waals surface area contributed by atoms with Crippen molar-refractivity contribution < 1.29 is 4.79 Å². The van der Waals surface area contributed by atoms with Gasteiger partial charge in [-0.05, 0) is 24.6 Å². The van der Waals surface area contributed by atoms with Gasteiger partial charge >= 0.3 is 6.03 Å². The second-order valence-corrected chi connectivity index (χ2v) is 4.48. The molecule has 0 fully saturated rings. The summed E-state index contributed by atoms with van der Waals surface area (Å²) in [5, 5.41) is 6.16. The zero-order valence-corrected chi connectivity index (χ0v) is 11.2. The third-order valence-corrected chi connectivity index (χ3v) is 2.88. The van der Waals surface area contributed by atoms with Gasteiger partial charge in [0.05, 0.1) is 6.04 Å². The van der Waals surface area contributed by atoms with E-state index in [0.717, 1.165) is 12.2 Å². The molecule has 1 atom stereocenters. The molecule has 0 aliphatic carbocycles. The molecule has 1 aromatic carbocycles. The Bertz CT molecular complexity index is 541. The fourth-order valence-corrected chi connectivity index (χ4v) is 1.91. The van der Waals surface area contributed by atoms with E-state index in [1.54, 1.807) is 36.7 Å². The van der Waals surface area contributed by atoms with E-state index >= 15 is 0 Å². The molecule has 5 nitrogen and oxygen atoms in total. The number of imidazole rings is 1. The number of aromatic nitrogens is 2. The second-order valence-electron chi connectivity index (χ2n) is 4.04. The van der Waals surface area contributed by atoms with Crippen LogP contribution in [0.2, 0.25) is 5.02 Å². The number of rotatable bonds is 4. The van der Waals surface area contributed by atoms with Crippen LogP contribution in [0.1, 0.15) is 25.2 Å². The predicted octanol–water partition coefficient (Wildman–Crippen LogP) is 3.34. The van der Waals surface area contributed by atoms with Crippen LogP contribution in [0.25, 0.3) is 0 Å². The summed E-state index contributed by atoms with van der Waals surface area (Å²) in [6, 6.07) is 6.57. The van der Waals surface area contributed by atoms with Crippen molar-refractivity contribution in [3.63, 3.8) is 0 Å². The zero-order valence-electron chi connectivity index (χ0n) is 10.5. The first-order valence-corrected chi connectivity index (χ1v) is 6.39. The number of hydrogen-bond donors (Lipinski definition) is 3. The van der Waals surface area contributed by atoms with Crippen LogP contribution in [0.5, 0.6) is 0 Å². The molecule has 2 amide bonds. The number of halogens is 1. The van der Waals surface area contributed by atoms with Gasteiger partial charge in [-0.1, -0.05) is 24.6 Å². The van der Waals surface area contributed by atoms with Crippen LogP contribution in [-0.2, 0) is 0 Å². The molecule has 6 heteroatoms. The number of amides is 2. The fraction of sp³-hybridized carbons (Fsp3) is 0.231. The summed E-state index contributed by atoms with van der Waals surface area (Å²) in [6.07, 6.45) is 4.14. The number of carbonyl (C=O) groups is 1. The van der Waals surface area contributed by atoms with Gasteiger partial charge < -0.3 is 15.6 Å². The quantitative estimate of drug-likeness (QED) is 0.803. The summed E-state index contributed by atoms with van der Waals surface area (Å²) in [5.74, 6) is 0.740. The van der Waals surface area contributed by atoms with Crippen molar-refractivity contribution in [2.24, 2.45) is 0 Å². The Labute approximate surface area is 116 Å². The Hall–Kier alpha value is -2.01. The second kappa shape index (κ2) is 6.24. The monoisotopic (exact) mass is 278 g/mol. The molecule has 0 radical (unpaired) electrons. The van der Waals surface area contributed by atoms with Crippen LogP contribution < -0.4 is 10.6 Å². The van der Waals surface area contributed by atoms with E-state index in [1.165, 1.54) is 0 Å². The highest BCUT2D eigenvalue weighted by molar-refractivity contribution is 6.30. The standard InChI is InChI=1S/C13H15ClN4O/c1-2-11(12-15-6-7-16-12)18-13(19)17-10-5-3-4-9(14)8-10/h3-8,11H,2H2,1H3,(H,15,16)(H2,17,18,19). The molecule has 0 saturated carbocycles. The Morgan fingerprint density at radius 1 is 1.53 bits per heavy atom. The summed E-state index contributed by atoms with van der Waals surface area (Å²) in [7, 11) is 0. The molecular weight excluding hydrogens is 264 g/mol. The SMILES string of the molecule is CCC(NC(=O)Nc1cccc(Cl)c1)c1ncc[nH]1. The molecular formula is C13H15ClN4O. The zero-order chi connectivity index (χ0) is 13.7. The minimum Gasteiger partial charge on any atom is -0.347 e. The smallest absolute Gasteiger partial charge is 0.319 e. The molecule has 2 aromatic rings. The minimum absolute atomic E-state index is 0.144. The van der Waals surface area contributed by atoms with Gasteiger partial charge in [0.15, 0.2) is 0 Å². The molecule has 0 bridgehead atoms. The van der Waals surface area contributed by atoms with Crippen LogP contribution in [0.4, 0.5) is 10.5 Å². The third kappa shape index (κ3) is 3.72. The van der Waals surface area contributed by atoms with E-state index in [0.29, 0.717) is 10.7 Å². The Morgan fingerprint density at radius 3 is 3.00 bits per heavy atom. The van der Waals surface area contributed by atoms with Crippen molar-refractivity contribution >= 4 is 23.3 Å². The Balaban J connectivity index is 1.97. The molecule has 2 rings (SSSR count). The lowest BCUT2D eigenvalue weighted by atomic mass is 10.2. The highest BCUT2D eigenvalue weighted by atomic mass is 35.5. The summed E-state index contributed by atoms with van der Waals surface area (Å²) in [5.41, 5.74) is 0.652. The molecule has 1 aromatic heterocycles. The van der Waals surface area contributed by atoms with E-state index in [1.807, 2.05) is 6.92 Å². The van der Waals surface area contributed by atoms with Crippen LogP contribution in [-0.4, -0.2) is 16.0 Å². The molecule has 0 aliphatic heterocycles. The molecule has 1 unspecified atom stereocenters. The van der Waals surface area contributed by atoms with E-state index < -0.39 is 0 Å². The number of hydrogen-bond acceptors (Lipinski definition) is 2. The predicted molar refractivity (Wildman–Crippen MR) is 75.2 cm³/mol. The van der Waals surface area contributed by atoms with Gasteiger partial charge in [0.1, 0.15) is 5.82 Å². The lowest BCUT2D eigenvalue weighted by Crippen LogP contribution is -2.32. The van der Waals surface area contributed by atoms with Crippen molar-refractivity contribution in [3.05, 3.63) is 47.5 Å². The molecule has 0 aliphatic rings. The first-order chi connectivity index (χ1) is 9.19. The molecule has 3 N–H and O–H groups in total. The molecule has 19 heavy (non-hydrogen) atoms. The van der Waals surface area contributed by atoms with Crippen LogP contribution in [0.15, 0.2) is 36.7 Å². The van der Waals surface area contributed by atoms with Crippen molar-refractivity contribution in [1.82, 2.24) is 15.3 Å². The number of nitrogens with one attached hydrogen (secondary N) is 3. The first kappa shape index (κ1) is 13.4. The first-order valence-electron chi connectivity index (χ1n) is 6.01. The number of carbonyl (C=O) groups excluding carboxylic acids is 1. The summed E-state index contributed by atoms with van der Waals surface area (Å²) >= 11 is 5.86. The van der Waals surface area contributed by atoms with Gasteiger partial charge in [0, 0.05) is 23.1 Å². The average molecular weight is 279 g/mol. The number of H-pyrrole nitrogens is 1. The number of benzene rings is 1. The van der Waals surface area contributed by atoms with E-state index in [4.69, 9.17) is 11.6 Å². The van der Waals surface area contributed by atoms with Gasteiger partial charge in [0.25, 0.3) is 0 Å². The van der Waals surface area contributed by atoms with Crippen molar-refractivity contribution in [2.75, 3.05) is 5.32 Å². The molecule has 0 spiro atoms. The lowest BCUT2D eigenvalue weighted by Gasteiger charge is -2.15. The number of anilines is 1. The highest BCUT2D eigenvalue weighted by Crippen LogP contribution is 2.16. The third-order valence-electron chi connectivity index (χ3n) is 2.65. The number of urea groups is 1. The van der Waals surface area contributed by atoms with E-state index in [9.17, 15) is 4.79 Å². The maximum absolute atomic E-state index is 11.9. The van der Waals surface area contributed by atoms with Crippen molar-refractivity contribution in [1.29, 1.82) is 0 Å². The summed E-state index contributed by atoms with van der Waals surface area (Å²) < 4.78 is 0. The number of aromatic amines is 1. The molecule has 1 heterocycles. The van der Waals surface area contributed by atoms with Crippen LogP contribution in [0.3, 0.4) is 0 Å². The van der Waals surface area contributed by atoms with E-state index in [-0.39, 0.29) is 12.1 Å². The van der Waals surface area contributed by atoms with Crippen molar-refractivity contribution in [3.8, 4) is 0 Å². The van der Waals surface area contributed by atoms with Crippen molar-refractivity contribution in [2.45, 2.75) is 19.4 Å². The fourth-order valence-electron chi connectivity index (χ4n) is 1.72. The average Bonchev–Trinajstić information content (AvgIpc) is 2.89. The normalized spacial score (nSPS) is 11.9. The maximum Gasteiger partial charge on any atom is 0.319 e. The summed E-state index contributed by atoms with van der Waals surface area (Å²) in [6.45, 7) is 1.98. The van der Waals surface area contributed by atoms with E-state index in [2.05, 4.69) is 20.6 Å². The van der Waals surface area contributed by atoms with Crippen LogP contribution >= 0.6 is 11.6 Å². The van der Waals surface area contributed by atoms with Gasteiger partial charge in [-0.2, -0.15) is 0 Å². The minimum atomic E-state index is -0.287. The summed E-state index contributed by atoms with van der Waals surface area (Å²) in [4.78, 5) is 19.0. The largest absolute Gasteiger partial charge is 0.347 e.